The molecule has 0 N–H and O–H groups in total. The molecule has 0 unspecified atom stereocenters. The summed E-state index contributed by atoms with van der Waals surface area (Å²) in [6, 6.07) is 0. The first-order valence-corrected chi connectivity index (χ1v) is 8.31. The molecule has 0 amide bonds. The predicted octanol–water partition coefficient (Wildman–Crippen LogP) is 2.90. The van der Waals surface area contributed by atoms with Gasteiger partial charge < -0.3 is 14.2 Å². The maximum absolute atomic E-state index is 12.1. The summed E-state index contributed by atoms with van der Waals surface area (Å²) in [7, 11) is 0. The Bertz CT molecular complexity index is 448. The number of ether oxygens (including phenoxy) is 3. The van der Waals surface area contributed by atoms with Crippen molar-refractivity contribution in [2.45, 2.75) is 48.0 Å². The number of carbonyl (C=O) groups excluding carboxylic acids is 3. The van der Waals surface area contributed by atoms with Crippen molar-refractivity contribution in [1.29, 1.82) is 0 Å². The van der Waals surface area contributed by atoms with Crippen LogP contribution in [-0.4, -0.2) is 37.7 Å². The van der Waals surface area contributed by atoms with Crippen molar-refractivity contribution >= 4 is 17.9 Å². The van der Waals surface area contributed by atoms with Gasteiger partial charge in [0.05, 0.1) is 31.8 Å². The van der Waals surface area contributed by atoms with Crippen LogP contribution in [-0.2, 0) is 28.6 Å². The van der Waals surface area contributed by atoms with Crippen molar-refractivity contribution in [2.24, 2.45) is 17.8 Å². The molecule has 0 aliphatic carbocycles. The van der Waals surface area contributed by atoms with E-state index in [2.05, 4.69) is 0 Å². The summed E-state index contributed by atoms with van der Waals surface area (Å²) in [6.45, 7) is 12.1. The van der Waals surface area contributed by atoms with Gasteiger partial charge in [-0.3, -0.25) is 4.79 Å². The van der Waals surface area contributed by atoms with Gasteiger partial charge in [-0.15, -0.1) is 0 Å². The third-order valence-corrected chi connectivity index (χ3v) is 2.57. The van der Waals surface area contributed by atoms with E-state index in [1.807, 2.05) is 41.5 Å². The molecule has 0 rings (SSSR count). The largest absolute Gasteiger partial charge is 0.465 e. The fourth-order valence-corrected chi connectivity index (χ4v) is 1.42. The van der Waals surface area contributed by atoms with Crippen molar-refractivity contribution < 1.29 is 28.6 Å². The van der Waals surface area contributed by atoms with Crippen LogP contribution in [0.15, 0.2) is 11.6 Å². The molecule has 24 heavy (non-hydrogen) atoms. The van der Waals surface area contributed by atoms with Gasteiger partial charge in [0.25, 0.3) is 0 Å². The average molecular weight is 342 g/mol. The summed E-state index contributed by atoms with van der Waals surface area (Å²) < 4.78 is 15.2. The average Bonchev–Trinajstić information content (AvgIpc) is 2.47. The van der Waals surface area contributed by atoms with E-state index in [1.54, 1.807) is 0 Å². The van der Waals surface area contributed by atoms with E-state index in [4.69, 9.17) is 14.2 Å². The molecule has 138 valence electrons. The number of rotatable bonds is 10. The molecule has 0 aliphatic rings. The lowest BCUT2D eigenvalue weighted by atomic mass is 10.1. The van der Waals surface area contributed by atoms with Crippen molar-refractivity contribution in [1.82, 2.24) is 0 Å². The van der Waals surface area contributed by atoms with Crippen LogP contribution in [0.2, 0.25) is 0 Å². The standard InChI is InChI=1S/C18H30O6/c1-12(2)9-22-16(19)7-15(18(21)24-11-14(5)6)8-17(20)23-10-13(3)4/h7,12-14H,8-11H2,1-6H3. The van der Waals surface area contributed by atoms with Crippen LogP contribution < -0.4 is 0 Å². The lowest BCUT2D eigenvalue weighted by Crippen LogP contribution is -2.19. The number of hydrogen-bond acceptors (Lipinski definition) is 6. The van der Waals surface area contributed by atoms with E-state index < -0.39 is 17.9 Å². The molecule has 0 aromatic rings. The third kappa shape index (κ3) is 11.7. The Morgan fingerprint density at radius 1 is 0.750 bits per heavy atom. The summed E-state index contributed by atoms with van der Waals surface area (Å²) in [5.74, 6) is -1.44. The van der Waals surface area contributed by atoms with Crippen LogP contribution in [0.1, 0.15) is 48.0 Å². The zero-order valence-electron chi connectivity index (χ0n) is 15.6. The minimum Gasteiger partial charge on any atom is -0.465 e. The van der Waals surface area contributed by atoms with Gasteiger partial charge in [0, 0.05) is 6.08 Å². The summed E-state index contributed by atoms with van der Waals surface area (Å²) in [5.41, 5.74) is -0.0573. The molecule has 0 aromatic carbocycles. The Morgan fingerprint density at radius 2 is 1.21 bits per heavy atom. The summed E-state index contributed by atoms with van der Waals surface area (Å²) in [6.07, 6.45) is 0.697. The van der Waals surface area contributed by atoms with Gasteiger partial charge in [0.2, 0.25) is 0 Å². The molecule has 0 aliphatic heterocycles. The van der Waals surface area contributed by atoms with Crippen LogP contribution in [0, 0.1) is 17.8 Å². The molecule has 0 spiro atoms. The fourth-order valence-electron chi connectivity index (χ4n) is 1.42. The second-order valence-electron chi connectivity index (χ2n) is 6.94. The maximum atomic E-state index is 12.1. The maximum Gasteiger partial charge on any atom is 0.334 e. The van der Waals surface area contributed by atoms with Gasteiger partial charge in [-0.2, -0.15) is 0 Å². The zero-order chi connectivity index (χ0) is 18.7. The lowest BCUT2D eigenvalue weighted by Gasteiger charge is -2.11. The summed E-state index contributed by atoms with van der Waals surface area (Å²) in [5, 5.41) is 0. The molecule has 0 radical (unpaired) electrons. The highest BCUT2D eigenvalue weighted by Gasteiger charge is 2.19. The Morgan fingerprint density at radius 3 is 1.71 bits per heavy atom. The van der Waals surface area contributed by atoms with Crippen LogP contribution >= 0.6 is 0 Å². The van der Waals surface area contributed by atoms with Gasteiger partial charge in [-0.25, -0.2) is 9.59 Å². The van der Waals surface area contributed by atoms with Crippen molar-refractivity contribution in [3.63, 3.8) is 0 Å². The van der Waals surface area contributed by atoms with Crippen molar-refractivity contribution in [3.05, 3.63) is 11.6 Å². The molecule has 0 heterocycles. The SMILES string of the molecule is CC(C)COC(=O)C=C(CC(=O)OCC(C)C)C(=O)OCC(C)C. The molecule has 0 atom stereocenters. The Balaban J connectivity index is 4.90. The monoisotopic (exact) mass is 342 g/mol. The van der Waals surface area contributed by atoms with Gasteiger partial charge in [-0.1, -0.05) is 41.5 Å². The zero-order valence-corrected chi connectivity index (χ0v) is 15.6. The van der Waals surface area contributed by atoms with Gasteiger partial charge in [0.1, 0.15) is 0 Å². The van der Waals surface area contributed by atoms with Crippen LogP contribution in [0.3, 0.4) is 0 Å². The Kier molecular flexibility index (Phi) is 10.8. The van der Waals surface area contributed by atoms with Crippen LogP contribution in [0.25, 0.3) is 0 Å². The topological polar surface area (TPSA) is 78.9 Å². The smallest absolute Gasteiger partial charge is 0.334 e. The van der Waals surface area contributed by atoms with Gasteiger partial charge in [0.15, 0.2) is 0 Å². The summed E-state index contributed by atoms with van der Waals surface area (Å²) in [4.78, 5) is 35.7. The summed E-state index contributed by atoms with van der Waals surface area (Å²) >= 11 is 0. The van der Waals surface area contributed by atoms with E-state index in [-0.39, 0.29) is 49.6 Å². The minimum absolute atomic E-state index is 0.0573. The predicted molar refractivity (Wildman–Crippen MR) is 90.1 cm³/mol. The first-order valence-electron chi connectivity index (χ1n) is 8.31. The minimum atomic E-state index is -0.702. The Hall–Kier alpha value is -1.85. The number of esters is 3. The Labute approximate surface area is 144 Å². The first-order chi connectivity index (χ1) is 11.1. The molecule has 0 aromatic heterocycles. The molecule has 0 saturated heterocycles. The second kappa shape index (κ2) is 11.6. The molecular formula is C18H30O6. The van der Waals surface area contributed by atoms with Gasteiger partial charge >= 0.3 is 17.9 Å². The molecular weight excluding hydrogens is 312 g/mol. The molecule has 6 nitrogen and oxygen atoms in total. The van der Waals surface area contributed by atoms with Crippen molar-refractivity contribution in [3.8, 4) is 0 Å². The first kappa shape index (κ1) is 22.1. The highest BCUT2D eigenvalue weighted by molar-refractivity contribution is 5.99. The van der Waals surface area contributed by atoms with E-state index in [1.165, 1.54) is 0 Å². The number of carbonyl (C=O) groups is 3. The van der Waals surface area contributed by atoms with E-state index in [9.17, 15) is 14.4 Å². The highest BCUT2D eigenvalue weighted by atomic mass is 16.5. The van der Waals surface area contributed by atoms with Crippen LogP contribution in [0.4, 0.5) is 0 Å². The number of hydrogen-bond donors (Lipinski definition) is 0. The normalized spacial score (nSPS) is 11.8. The van der Waals surface area contributed by atoms with E-state index >= 15 is 0 Å². The fraction of sp³-hybridized carbons (Fsp3) is 0.722. The third-order valence-electron chi connectivity index (χ3n) is 2.57. The molecule has 6 heteroatoms. The molecule has 0 saturated carbocycles. The van der Waals surface area contributed by atoms with E-state index in [0.29, 0.717) is 0 Å². The van der Waals surface area contributed by atoms with E-state index in [0.717, 1.165) is 6.08 Å². The molecule has 0 bridgehead atoms. The molecule has 0 fully saturated rings. The van der Waals surface area contributed by atoms with Crippen LogP contribution in [0.5, 0.6) is 0 Å². The van der Waals surface area contributed by atoms with Crippen molar-refractivity contribution in [2.75, 3.05) is 19.8 Å². The highest BCUT2D eigenvalue weighted by Crippen LogP contribution is 2.09. The second-order valence-corrected chi connectivity index (χ2v) is 6.94. The van der Waals surface area contributed by atoms with Gasteiger partial charge in [-0.05, 0) is 17.8 Å². The quantitative estimate of drug-likeness (QED) is 0.345. The lowest BCUT2D eigenvalue weighted by molar-refractivity contribution is -0.147.